The van der Waals surface area contributed by atoms with Crippen molar-refractivity contribution in [3.05, 3.63) is 52.0 Å². The van der Waals surface area contributed by atoms with E-state index in [0.29, 0.717) is 5.92 Å². The minimum atomic E-state index is -0.556. The van der Waals surface area contributed by atoms with Gasteiger partial charge in [-0.25, -0.2) is 0 Å². The average molecular weight is 247 g/mol. The van der Waals surface area contributed by atoms with Gasteiger partial charge in [0.05, 0.1) is 10.6 Å². The fraction of sp³-hybridized carbons (Fsp3) is 0.357. The Morgan fingerprint density at radius 3 is 2.35 bits per heavy atom. The zero-order valence-corrected chi connectivity index (χ0v) is 11.2. The van der Waals surface area contributed by atoms with E-state index in [-0.39, 0.29) is 0 Å². The molecule has 3 heteroatoms. The molecule has 2 aromatic rings. The minimum Gasteiger partial charge on any atom is -0.383 e. The molecule has 0 bridgehead atoms. The van der Waals surface area contributed by atoms with Gasteiger partial charge in [-0.2, -0.15) is 4.37 Å². The van der Waals surface area contributed by atoms with Crippen molar-refractivity contribution in [3.63, 3.8) is 0 Å². The van der Waals surface area contributed by atoms with Crippen molar-refractivity contribution in [2.45, 2.75) is 32.8 Å². The number of aliphatic hydroxyl groups is 1. The van der Waals surface area contributed by atoms with Crippen molar-refractivity contribution >= 4 is 11.5 Å². The summed E-state index contributed by atoms with van der Waals surface area (Å²) in [6.45, 7) is 6.23. The molecule has 0 aliphatic carbocycles. The number of aliphatic hydroxyl groups excluding tert-OH is 1. The van der Waals surface area contributed by atoms with Crippen LogP contribution in [0.1, 0.15) is 47.6 Å². The molecule has 1 atom stereocenters. The molecular weight excluding hydrogens is 230 g/mol. The van der Waals surface area contributed by atoms with Crippen molar-refractivity contribution < 1.29 is 5.11 Å². The average Bonchev–Trinajstić information content (AvgIpc) is 2.75. The predicted octanol–water partition coefficient (Wildman–Crippen LogP) is 3.66. The first-order valence-electron chi connectivity index (χ1n) is 5.79. The van der Waals surface area contributed by atoms with E-state index in [4.69, 9.17) is 0 Å². The number of benzene rings is 1. The van der Waals surface area contributed by atoms with Gasteiger partial charge in [0.25, 0.3) is 0 Å². The van der Waals surface area contributed by atoms with E-state index in [0.717, 1.165) is 16.1 Å². The molecule has 17 heavy (non-hydrogen) atoms. The summed E-state index contributed by atoms with van der Waals surface area (Å²) in [6, 6.07) is 10.0. The maximum atomic E-state index is 10.4. The summed E-state index contributed by atoms with van der Waals surface area (Å²) in [5.74, 6) is 0.412. The van der Waals surface area contributed by atoms with Crippen molar-refractivity contribution in [2.75, 3.05) is 0 Å². The predicted molar refractivity (Wildman–Crippen MR) is 71.4 cm³/mol. The second kappa shape index (κ2) is 4.98. The molecule has 0 radical (unpaired) electrons. The molecule has 0 unspecified atom stereocenters. The van der Waals surface area contributed by atoms with E-state index in [1.165, 1.54) is 17.1 Å². The van der Waals surface area contributed by atoms with Crippen LogP contribution in [0, 0.1) is 6.92 Å². The van der Waals surface area contributed by atoms with Crippen LogP contribution in [0.25, 0.3) is 0 Å². The number of nitrogens with zero attached hydrogens (tertiary/aromatic N) is 1. The largest absolute Gasteiger partial charge is 0.383 e. The van der Waals surface area contributed by atoms with E-state index in [1.807, 2.05) is 31.2 Å². The molecule has 0 spiro atoms. The van der Waals surface area contributed by atoms with E-state index >= 15 is 0 Å². The quantitative estimate of drug-likeness (QED) is 0.898. The third-order valence-electron chi connectivity index (χ3n) is 2.83. The van der Waals surface area contributed by atoms with Gasteiger partial charge in [-0.3, -0.25) is 0 Å². The lowest BCUT2D eigenvalue weighted by molar-refractivity contribution is 0.222. The van der Waals surface area contributed by atoms with Gasteiger partial charge in [0.2, 0.25) is 0 Å². The number of hydrogen-bond acceptors (Lipinski definition) is 3. The van der Waals surface area contributed by atoms with Crippen molar-refractivity contribution in [2.24, 2.45) is 0 Å². The lowest BCUT2D eigenvalue weighted by Crippen LogP contribution is -2.03. The molecule has 2 rings (SSSR count). The second-order valence-electron chi connectivity index (χ2n) is 4.56. The maximum Gasteiger partial charge on any atom is 0.115 e. The Balaban J connectivity index is 2.40. The van der Waals surface area contributed by atoms with Gasteiger partial charge < -0.3 is 5.11 Å². The summed E-state index contributed by atoms with van der Waals surface area (Å²) >= 11 is 1.37. The Morgan fingerprint density at radius 2 is 1.82 bits per heavy atom. The van der Waals surface area contributed by atoms with E-state index in [9.17, 15) is 5.11 Å². The first-order valence-corrected chi connectivity index (χ1v) is 6.57. The Hall–Kier alpha value is -1.19. The zero-order chi connectivity index (χ0) is 12.4. The monoisotopic (exact) mass is 247 g/mol. The number of rotatable bonds is 3. The number of aromatic nitrogens is 1. The molecule has 0 amide bonds. The molecule has 1 heterocycles. The molecule has 0 aliphatic rings. The first-order chi connectivity index (χ1) is 8.09. The highest BCUT2D eigenvalue weighted by molar-refractivity contribution is 7.05. The van der Waals surface area contributed by atoms with Gasteiger partial charge >= 0.3 is 0 Å². The van der Waals surface area contributed by atoms with Crippen LogP contribution in [0.3, 0.4) is 0 Å². The molecule has 1 N–H and O–H groups in total. The molecule has 0 saturated carbocycles. The van der Waals surface area contributed by atoms with Crippen molar-refractivity contribution in [3.8, 4) is 0 Å². The van der Waals surface area contributed by atoms with Gasteiger partial charge in [-0.15, -0.1) is 0 Å². The van der Waals surface area contributed by atoms with Crippen LogP contribution in [0.2, 0.25) is 0 Å². The van der Waals surface area contributed by atoms with E-state index in [1.54, 1.807) is 0 Å². The van der Waals surface area contributed by atoms with Crippen LogP contribution in [0.4, 0.5) is 0 Å². The third kappa shape index (κ3) is 2.56. The lowest BCUT2D eigenvalue weighted by atomic mass is 9.93. The summed E-state index contributed by atoms with van der Waals surface area (Å²) in [7, 11) is 0. The molecule has 1 aromatic heterocycles. The molecular formula is C14H17NOS. The third-order valence-corrected chi connectivity index (χ3v) is 3.76. The molecule has 0 saturated heterocycles. The van der Waals surface area contributed by atoms with Gasteiger partial charge in [-0.1, -0.05) is 38.1 Å². The minimum absolute atomic E-state index is 0.412. The number of hydrogen-bond donors (Lipinski definition) is 1. The van der Waals surface area contributed by atoms with Crippen molar-refractivity contribution in [1.82, 2.24) is 4.37 Å². The molecule has 0 aliphatic heterocycles. The first kappa shape index (κ1) is 12.3. The van der Waals surface area contributed by atoms with Gasteiger partial charge in [0.15, 0.2) is 0 Å². The Kier molecular flexibility index (Phi) is 3.60. The molecule has 1 aromatic carbocycles. The van der Waals surface area contributed by atoms with Crippen LogP contribution >= 0.6 is 11.5 Å². The van der Waals surface area contributed by atoms with E-state index < -0.39 is 6.10 Å². The Labute approximate surface area is 106 Å². The highest BCUT2D eigenvalue weighted by Crippen LogP contribution is 2.31. The smallest absolute Gasteiger partial charge is 0.115 e. The standard InChI is InChI=1S/C14H17NOS/c1-9(2)11-6-4-5-7-12(11)14(16)13-8-10(3)15-17-13/h4-9,14,16H,1-3H3/t14-/m0/s1. The summed E-state index contributed by atoms with van der Waals surface area (Å²) in [5, 5.41) is 10.4. The van der Waals surface area contributed by atoms with Crippen LogP contribution in [0.15, 0.2) is 30.3 Å². The summed E-state index contributed by atoms with van der Waals surface area (Å²) in [4.78, 5) is 0.913. The highest BCUT2D eigenvalue weighted by atomic mass is 32.1. The Morgan fingerprint density at radius 1 is 1.18 bits per heavy atom. The van der Waals surface area contributed by atoms with Crippen molar-refractivity contribution in [1.29, 1.82) is 0 Å². The summed E-state index contributed by atoms with van der Waals surface area (Å²) in [6.07, 6.45) is -0.556. The molecule has 0 fully saturated rings. The lowest BCUT2D eigenvalue weighted by Gasteiger charge is -2.16. The van der Waals surface area contributed by atoms with Crippen LogP contribution < -0.4 is 0 Å². The van der Waals surface area contributed by atoms with Gasteiger partial charge in [-0.05, 0) is 41.6 Å². The van der Waals surface area contributed by atoms with Crippen LogP contribution in [-0.2, 0) is 0 Å². The molecule has 2 nitrogen and oxygen atoms in total. The normalized spacial score (nSPS) is 13.0. The summed E-state index contributed by atoms with van der Waals surface area (Å²) < 4.78 is 4.22. The number of aryl methyl sites for hydroxylation is 1. The molecule has 90 valence electrons. The topological polar surface area (TPSA) is 33.1 Å². The van der Waals surface area contributed by atoms with Crippen LogP contribution in [0.5, 0.6) is 0 Å². The van der Waals surface area contributed by atoms with E-state index in [2.05, 4.69) is 24.3 Å². The zero-order valence-electron chi connectivity index (χ0n) is 10.3. The Bertz CT molecular complexity index is 504. The summed E-state index contributed by atoms with van der Waals surface area (Å²) in [5.41, 5.74) is 3.16. The fourth-order valence-corrected chi connectivity index (χ4v) is 2.70. The maximum absolute atomic E-state index is 10.4. The fourth-order valence-electron chi connectivity index (χ4n) is 1.95. The van der Waals surface area contributed by atoms with Crippen LogP contribution in [-0.4, -0.2) is 9.48 Å². The van der Waals surface area contributed by atoms with Gasteiger partial charge in [0.1, 0.15) is 6.10 Å². The highest BCUT2D eigenvalue weighted by Gasteiger charge is 2.17. The van der Waals surface area contributed by atoms with Gasteiger partial charge in [0, 0.05) is 0 Å². The SMILES string of the molecule is Cc1cc([C@@H](O)c2ccccc2C(C)C)sn1. The second-order valence-corrected chi connectivity index (χ2v) is 5.39.